The van der Waals surface area contributed by atoms with Crippen molar-refractivity contribution in [2.45, 2.75) is 39.5 Å². The third kappa shape index (κ3) is 2.26. The van der Waals surface area contributed by atoms with Crippen LogP contribution in [0.3, 0.4) is 0 Å². The van der Waals surface area contributed by atoms with Crippen molar-refractivity contribution in [3.05, 3.63) is 34.5 Å². The van der Waals surface area contributed by atoms with Gasteiger partial charge in [0.05, 0.1) is 12.3 Å². The predicted molar refractivity (Wildman–Crippen MR) is 85.2 cm³/mol. The van der Waals surface area contributed by atoms with Crippen LogP contribution in [0.15, 0.2) is 12.1 Å². The molecular weight excluding hydrogens is 278 g/mol. The third-order valence-corrected chi connectivity index (χ3v) is 4.01. The second-order valence-electron chi connectivity index (χ2n) is 6.83. The number of amides is 1. The Hall–Kier alpha value is -2.30. The average molecular weight is 299 g/mol. The molecule has 3 rings (SSSR count). The van der Waals surface area contributed by atoms with E-state index in [2.05, 4.69) is 50.0 Å². The first-order valence-electron chi connectivity index (χ1n) is 7.44. The van der Waals surface area contributed by atoms with E-state index in [9.17, 15) is 4.79 Å². The van der Waals surface area contributed by atoms with Gasteiger partial charge < -0.3 is 10.5 Å². The lowest BCUT2D eigenvalue weighted by molar-refractivity contribution is 0.0994. The van der Waals surface area contributed by atoms with Crippen LogP contribution in [0.5, 0.6) is 5.75 Å². The molecule has 116 valence electrons. The van der Waals surface area contributed by atoms with Crippen LogP contribution in [0, 0.1) is 6.92 Å². The number of benzene rings is 1. The van der Waals surface area contributed by atoms with Crippen LogP contribution in [-0.2, 0) is 11.8 Å². The van der Waals surface area contributed by atoms with E-state index in [0.717, 1.165) is 33.7 Å². The summed E-state index contributed by atoms with van der Waals surface area (Å²) < 4.78 is 6.03. The van der Waals surface area contributed by atoms with Crippen molar-refractivity contribution in [3.8, 4) is 17.0 Å². The number of aromatic amines is 1. The number of aromatic nitrogens is 2. The molecule has 0 spiro atoms. The number of hydrogen-bond donors (Lipinski definition) is 2. The van der Waals surface area contributed by atoms with Crippen LogP contribution in [0.25, 0.3) is 11.3 Å². The highest BCUT2D eigenvalue weighted by Crippen LogP contribution is 2.42. The lowest BCUT2D eigenvalue weighted by atomic mass is 9.83. The van der Waals surface area contributed by atoms with Gasteiger partial charge in [-0.05, 0) is 24.0 Å². The average Bonchev–Trinajstić information content (AvgIpc) is 2.75. The highest BCUT2D eigenvalue weighted by molar-refractivity contribution is 5.94. The summed E-state index contributed by atoms with van der Waals surface area (Å²) in [6.07, 6.45) is 0.613. The molecule has 0 aliphatic carbocycles. The number of nitrogens with two attached hydrogens (primary N) is 1. The number of ether oxygens (including phenoxy) is 1. The number of primary amides is 1. The van der Waals surface area contributed by atoms with Crippen molar-refractivity contribution in [2.75, 3.05) is 6.61 Å². The summed E-state index contributed by atoms with van der Waals surface area (Å²) in [4.78, 5) is 11.6. The second-order valence-corrected chi connectivity index (χ2v) is 6.83. The van der Waals surface area contributed by atoms with Gasteiger partial charge in [-0.15, -0.1) is 0 Å². The van der Waals surface area contributed by atoms with E-state index in [1.807, 2.05) is 0 Å². The lowest BCUT2D eigenvalue weighted by Crippen LogP contribution is -2.15. The summed E-state index contributed by atoms with van der Waals surface area (Å²) in [5.74, 6) is 0.375. The summed E-state index contributed by atoms with van der Waals surface area (Å²) in [5.41, 5.74) is 10.6. The topological polar surface area (TPSA) is 81.0 Å². The number of fused-ring (bicyclic) bond motifs is 3. The standard InChI is InChI=1S/C17H21N3O2/c1-9-7-11-13-10(14(16(18)21)20-19-13)5-6-22-15(11)12(8-9)17(2,3)4/h7-8H,5-6H2,1-4H3,(H2,18,21)(H,19,20). The molecule has 2 aromatic rings. The quantitative estimate of drug-likeness (QED) is 0.849. The van der Waals surface area contributed by atoms with E-state index in [1.54, 1.807) is 0 Å². The molecule has 1 amide bonds. The fourth-order valence-electron chi connectivity index (χ4n) is 2.95. The summed E-state index contributed by atoms with van der Waals surface area (Å²) in [6.45, 7) is 9.05. The van der Waals surface area contributed by atoms with Crippen LogP contribution in [-0.4, -0.2) is 22.7 Å². The summed E-state index contributed by atoms with van der Waals surface area (Å²) in [6, 6.07) is 4.21. The molecule has 0 fully saturated rings. The number of carbonyl (C=O) groups is 1. The molecule has 3 N–H and O–H groups in total. The minimum atomic E-state index is -0.485. The van der Waals surface area contributed by atoms with Crippen molar-refractivity contribution in [1.82, 2.24) is 10.2 Å². The fraction of sp³-hybridized carbons (Fsp3) is 0.412. The van der Waals surface area contributed by atoms with Crippen LogP contribution in [0.2, 0.25) is 0 Å². The van der Waals surface area contributed by atoms with Gasteiger partial charge in [0, 0.05) is 23.1 Å². The molecule has 0 saturated carbocycles. The SMILES string of the molecule is Cc1cc2c(c(C(C)(C)C)c1)OCCc1c-2n[nH]c1C(N)=O. The Morgan fingerprint density at radius 2 is 2.09 bits per heavy atom. The summed E-state index contributed by atoms with van der Waals surface area (Å²) in [5, 5.41) is 7.12. The van der Waals surface area contributed by atoms with Crippen molar-refractivity contribution in [3.63, 3.8) is 0 Å². The zero-order valence-corrected chi connectivity index (χ0v) is 13.4. The molecule has 1 aromatic carbocycles. The highest BCUT2D eigenvalue weighted by atomic mass is 16.5. The monoisotopic (exact) mass is 299 g/mol. The molecule has 1 aromatic heterocycles. The summed E-state index contributed by atoms with van der Waals surface area (Å²) in [7, 11) is 0. The van der Waals surface area contributed by atoms with Crippen molar-refractivity contribution >= 4 is 5.91 Å². The highest BCUT2D eigenvalue weighted by Gasteiger charge is 2.28. The Kier molecular flexibility index (Phi) is 3.24. The minimum Gasteiger partial charge on any atom is -0.492 e. The minimum absolute atomic E-state index is 0.0383. The molecule has 2 heterocycles. The van der Waals surface area contributed by atoms with Gasteiger partial charge in [0.25, 0.3) is 5.91 Å². The molecule has 0 saturated heterocycles. The van der Waals surface area contributed by atoms with E-state index >= 15 is 0 Å². The molecule has 1 aliphatic rings. The second kappa shape index (κ2) is 4.87. The van der Waals surface area contributed by atoms with Crippen molar-refractivity contribution in [2.24, 2.45) is 5.73 Å². The number of rotatable bonds is 1. The van der Waals surface area contributed by atoms with E-state index in [4.69, 9.17) is 10.5 Å². The number of nitrogens with zero attached hydrogens (tertiary/aromatic N) is 1. The molecule has 1 aliphatic heterocycles. The maximum Gasteiger partial charge on any atom is 0.267 e. The van der Waals surface area contributed by atoms with E-state index in [0.29, 0.717) is 18.7 Å². The van der Waals surface area contributed by atoms with Gasteiger partial charge in [-0.3, -0.25) is 9.89 Å². The van der Waals surface area contributed by atoms with Crippen LogP contribution >= 0.6 is 0 Å². The maximum absolute atomic E-state index is 11.6. The molecule has 5 heteroatoms. The molecule has 0 atom stereocenters. The Balaban J connectivity index is 2.30. The van der Waals surface area contributed by atoms with E-state index in [-0.39, 0.29) is 5.41 Å². The number of nitrogens with one attached hydrogen (secondary N) is 1. The molecule has 22 heavy (non-hydrogen) atoms. The predicted octanol–water partition coefficient (Wildman–Crippen LogP) is 2.72. The smallest absolute Gasteiger partial charge is 0.267 e. The van der Waals surface area contributed by atoms with Crippen LogP contribution < -0.4 is 10.5 Å². The summed E-state index contributed by atoms with van der Waals surface area (Å²) >= 11 is 0. The number of carbonyl (C=O) groups excluding carboxylic acids is 1. The maximum atomic E-state index is 11.6. The van der Waals surface area contributed by atoms with Gasteiger partial charge in [-0.1, -0.05) is 26.8 Å². The van der Waals surface area contributed by atoms with Crippen LogP contribution in [0.1, 0.15) is 48.0 Å². The van der Waals surface area contributed by atoms with Gasteiger partial charge in [-0.25, -0.2) is 0 Å². The molecule has 0 radical (unpaired) electrons. The molecule has 5 nitrogen and oxygen atoms in total. The first kappa shape index (κ1) is 14.6. The Labute approximate surface area is 129 Å². The lowest BCUT2D eigenvalue weighted by Gasteiger charge is -2.24. The normalized spacial score (nSPS) is 13.8. The zero-order valence-electron chi connectivity index (χ0n) is 13.4. The van der Waals surface area contributed by atoms with E-state index < -0.39 is 5.91 Å². The van der Waals surface area contributed by atoms with Crippen molar-refractivity contribution < 1.29 is 9.53 Å². The largest absolute Gasteiger partial charge is 0.492 e. The van der Waals surface area contributed by atoms with E-state index in [1.165, 1.54) is 0 Å². The van der Waals surface area contributed by atoms with Gasteiger partial charge in [-0.2, -0.15) is 5.10 Å². The van der Waals surface area contributed by atoms with Crippen LogP contribution in [0.4, 0.5) is 0 Å². The Morgan fingerprint density at radius 3 is 2.73 bits per heavy atom. The van der Waals surface area contributed by atoms with Gasteiger partial charge in [0.15, 0.2) is 0 Å². The zero-order chi connectivity index (χ0) is 16.1. The van der Waals surface area contributed by atoms with Gasteiger partial charge in [0.2, 0.25) is 0 Å². The Morgan fingerprint density at radius 1 is 1.36 bits per heavy atom. The molecule has 0 bridgehead atoms. The molecule has 0 unspecified atom stereocenters. The number of aryl methyl sites for hydroxylation is 1. The number of hydrogen-bond acceptors (Lipinski definition) is 3. The molecular formula is C17H21N3O2. The van der Waals surface area contributed by atoms with Crippen molar-refractivity contribution in [1.29, 1.82) is 0 Å². The van der Waals surface area contributed by atoms with Gasteiger partial charge >= 0.3 is 0 Å². The first-order chi connectivity index (χ1) is 10.3. The number of H-pyrrole nitrogens is 1. The first-order valence-corrected chi connectivity index (χ1v) is 7.44. The van der Waals surface area contributed by atoms with Gasteiger partial charge in [0.1, 0.15) is 11.4 Å². The fourth-order valence-corrected chi connectivity index (χ4v) is 2.95. The Bertz CT molecular complexity index is 754. The third-order valence-electron chi connectivity index (χ3n) is 4.01.